The predicted octanol–water partition coefficient (Wildman–Crippen LogP) is 3.26. The molecular formula is C21H23N3O3. The van der Waals surface area contributed by atoms with Crippen LogP contribution in [0.3, 0.4) is 0 Å². The van der Waals surface area contributed by atoms with E-state index in [1.54, 1.807) is 23.1 Å². The van der Waals surface area contributed by atoms with Crippen LogP contribution < -0.4 is 0 Å². The minimum atomic E-state index is -0.436. The average molecular weight is 365 g/mol. The summed E-state index contributed by atoms with van der Waals surface area (Å²) >= 11 is 0. The van der Waals surface area contributed by atoms with E-state index in [4.69, 9.17) is 0 Å². The number of carbonyl (C=O) groups excluding carboxylic acids is 1. The maximum Gasteiger partial charge on any atom is 0.276 e. The minimum Gasteiger partial charge on any atom is -0.337 e. The average Bonchev–Trinajstić information content (AvgIpc) is 2.68. The van der Waals surface area contributed by atoms with E-state index in [-0.39, 0.29) is 11.6 Å². The third-order valence-corrected chi connectivity index (χ3v) is 4.88. The Bertz CT molecular complexity index is 855. The normalized spacial score (nSPS) is 15.2. The maximum atomic E-state index is 12.4. The minimum absolute atomic E-state index is 0.00426. The van der Waals surface area contributed by atoms with Gasteiger partial charge in [0.2, 0.25) is 5.91 Å². The van der Waals surface area contributed by atoms with Crippen molar-refractivity contribution < 1.29 is 9.72 Å². The summed E-state index contributed by atoms with van der Waals surface area (Å²) in [5.74, 6) is -0.108. The lowest BCUT2D eigenvalue weighted by atomic mass is 10.1. The van der Waals surface area contributed by atoms with Gasteiger partial charge in [-0.25, -0.2) is 0 Å². The third kappa shape index (κ3) is 4.80. The summed E-state index contributed by atoms with van der Waals surface area (Å²) in [4.78, 5) is 27.2. The number of nitrogens with zero attached hydrogens (tertiary/aromatic N) is 3. The lowest BCUT2D eigenvalue weighted by Crippen LogP contribution is -2.47. The number of para-hydroxylation sites is 1. The number of benzene rings is 2. The number of aryl methyl sites for hydroxylation is 1. The van der Waals surface area contributed by atoms with Crippen LogP contribution in [0.5, 0.6) is 0 Å². The third-order valence-electron chi connectivity index (χ3n) is 4.88. The van der Waals surface area contributed by atoms with Crippen molar-refractivity contribution in [1.29, 1.82) is 0 Å². The fourth-order valence-corrected chi connectivity index (χ4v) is 3.22. The van der Waals surface area contributed by atoms with Crippen molar-refractivity contribution in [2.45, 2.75) is 13.5 Å². The van der Waals surface area contributed by atoms with Gasteiger partial charge < -0.3 is 4.90 Å². The highest BCUT2D eigenvalue weighted by Gasteiger charge is 2.20. The molecular weight excluding hydrogens is 342 g/mol. The topological polar surface area (TPSA) is 66.7 Å². The molecule has 0 radical (unpaired) electrons. The summed E-state index contributed by atoms with van der Waals surface area (Å²) in [6.07, 6.45) is 2.96. The number of piperazine rings is 1. The van der Waals surface area contributed by atoms with Crippen molar-refractivity contribution in [3.8, 4) is 0 Å². The van der Waals surface area contributed by atoms with E-state index in [1.807, 2.05) is 6.07 Å². The van der Waals surface area contributed by atoms with Crippen LogP contribution in [-0.4, -0.2) is 46.8 Å². The second-order valence-electron chi connectivity index (χ2n) is 6.68. The zero-order valence-electron chi connectivity index (χ0n) is 15.4. The Morgan fingerprint density at radius 1 is 1.07 bits per heavy atom. The molecule has 0 N–H and O–H groups in total. The predicted molar refractivity (Wildman–Crippen MR) is 105 cm³/mol. The number of rotatable bonds is 5. The second kappa shape index (κ2) is 8.60. The summed E-state index contributed by atoms with van der Waals surface area (Å²) < 4.78 is 0. The van der Waals surface area contributed by atoms with Gasteiger partial charge >= 0.3 is 0 Å². The number of hydrogen-bond acceptors (Lipinski definition) is 4. The molecule has 0 atom stereocenters. The first kappa shape index (κ1) is 18.8. The molecule has 27 heavy (non-hydrogen) atoms. The molecule has 0 saturated carbocycles. The highest BCUT2D eigenvalue weighted by molar-refractivity contribution is 5.92. The Hall–Kier alpha value is -2.99. The Labute approximate surface area is 158 Å². The highest BCUT2D eigenvalue weighted by atomic mass is 16.6. The molecule has 6 nitrogen and oxygen atoms in total. The first-order chi connectivity index (χ1) is 13.0. The lowest BCUT2D eigenvalue weighted by molar-refractivity contribution is -0.385. The van der Waals surface area contributed by atoms with E-state index in [2.05, 4.69) is 30.0 Å². The first-order valence-electron chi connectivity index (χ1n) is 9.02. The zero-order valence-corrected chi connectivity index (χ0v) is 15.4. The molecule has 0 bridgehead atoms. The van der Waals surface area contributed by atoms with Crippen molar-refractivity contribution in [2.75, 3.05) is 26.2 Å². The quantitative estimate of drug-likeness (QED) is 0.463. The smallest absolute Gasteiger partial charge is 0.276 e. The van der Waals surface area contributed by atoms with Crippen molar-refractivity contribution in [2.24, 2.45) is 0 Å². The molecule has 140 valence electrons. The molecule has 1 aliphatic heterocycles. The van der Waals surface area contributed by atoms with E-state index in [0.29, 0.717) is 18.7 Å². The van der Waals surface area contributed by atoms with Gasteiger partial charge in [0.1, 0.15) is 0 Å². The van der Waals surface area contributed by atoms with Gasteiger partial charge in [-0.15, -0.1) is 0 Å². The van der Waals surface area contributed by atoms with Gasteiger partial charge in [-0.2, -0.15) is 0 Å². The van der Waals surface area contributed by atoms with Crippen LogP contribution in [0, 0.1) is 17.0 Å². The molecule has 1 amide bonds. The summed E-state index contributed by atoms with van der Waals surface area (Å²) in [6.45, 7) is 5.96. The Morgan fingerprint density at radius 3 is 2.44 bits per heavy atom. The van der Waals surface area contributed by atoms with Gasteiger partial charge in [-0.1, -0.05) is 36.4 Å². The fraction of sp³-hybridized carbons (Fsp3) is 0.286. The van der Waals surface area contributed by atoms with Crippen LogP contribution in [0.25, 0.3) is 6.08 Å². The van der Waals surface area contributed by atoms with Gasteiger partial charge in [0, 0.05) is 44.9 Å². The Balaban J connectivity index is 1.56. The Morgan fingerprint density at radius 2 is 1.74 bits per heavy atom. The summed E-state index contributed by atoms with van der Waals surface area (Å²) in [5, 5.41) is 11.0. The van der Waals surface area contributed by atoms with Crippen molar-refractivity contribution in [3.63, 3.8) is 0 Å². The lowest BCUT2D eigenvalue weighted by Gasteiger charge is -2.34. The van der Waals surface area contributed by atoms with E-state index >= 15 is 0 Å². The van der Waals surface area contributed by atoms with Crippen LogP contribution >= 0.6 is 0 Å². The van der Waals surface area contributed by atoms with Crippen LogP contribution in [0.15, 0.2) is 54.6 Å². The van der Waals surface area contributed by atoms with E-state index < -0.39 is 4.92 Å². The molecule has 1 saturated heterocycles. The molecule has 1 aliphatic rings. The first-order valence-corrected chi connectivity index (χ1v) is 9.02. The number of nitro benzene ring substituents is 1. The number of hydrogen-bond donors (Lipinski definition) is 0. The fourth-order valence-electron chi connectivity index (χ4n) is 3.22. The second-order valence-corrected chi connectivity index (χ2v) is 6.68. The molecule has 0 aromatic heterocycles. The van der Waals surface area contributed by atoms with Gasteiger partial charge in [-0.05, 0) is 30.2 Å². The maximum absolute atomic E-state index is 12.4. The molecule has 6 heteroatoms. The van der Waals surface area contributed by atoms with Gasteiger partial charge in [0.05, 0.1) is 10.5 Å². The van der Waals surface area contributed by atoms with Crippen molar-refractivity contribution >= 4 is 17.7 Å². The SMILES string of the molecule is Cc1ccccc1CN1CCN(C(=O)/C=C/c2ccccc2[N+](=O)[O-])CC1. The van der Waals surface area contributed by atoms with Gasteiger partial charge in [-0.3, -0.25) is 19.8 Å². The van der Waals surface area contributed by atoms with Crippen molar-refractivity contribution in [1.82, 2.24) is 9.80 Å². The van der Waals surface area contributed by atoms with Crippen LogP contribution in [0.1, 0.15) is 16.7 Å². The molecule has 1 heterocycles. The van der Waals surface area contributed by atoms with Gasteiger partial charge in [0.25, 0.3) is 5.69 Å². The van der Waals surface area contributed by atoms with E-state index in [1.165, 1.54) is 29.3 Å². The highest BCUT2D eigenvalue weighted by Crippen LogP contribution is 2.19. The summed E-state index contributed by atoms with van der Waals surface area (Å²) in [6, 6.07) is 14.8. The monoisotopic (exact) mass is 365 g/mol. The van der Waals surface area contributed by atoms with Crippen LogP contribution in [0.4, 0.5) is 5.69 Å². The largest absolute Gasteiger partial charge is 0.337 e. The molecule has 2 aromatic rings. The van der Waals surface area contributed by atoms with E-state index in [9.17, 15) is 14.9 Å². The van der Waals surface area contributed by atoms with E-state index in [0.717, 1.165) is 19.6 Å². The molecule has 0 unspecified atom stereocenters. The van der Waals surface area contributed by atoms with Crippen molar-refractivity contribution in [3.05, 3.63) is 81.4 Å². The number of carbonyl (C=O) groups is 1. The molecule has 1 fully saturated rings. The molecule has 3 rings (SSSR count). The summed E-state index contributed by atoms with van der Waals surface area (Å²) in [7, 11) is 0. The van der Waals surface area contributed by atoms with Crippen LogP contribution in [-0.2, 0) is 11.3 Å². The molecule has 0 spiro atoms. The zero-order chi connectivity index (χ0) is 19.2. The standard InChI is InChI=1S/C21H23N3O3/c1-17-6-2-3-8-19(17)16-22-12-14-23(15-13-22)21(25)11-10-18-7-4-5-9-20(18)24(26)27/h2-11H,12-16H2,1H3/b11-10+. The van der Waals surface area contributed by atoms with Gasteiger partial charge in [0.15, 0.2) is 0 Å². The number of nitro groups is 1. The van der Waals surface area contributed by atoms with Crippen LogP contribution in [0.2, 0.25) is 0 Å². The summed E-state index contributed by atoms with van der Waals surface area (Å²) in [5.41, 5.74) is 3.04. The molecule has 2 aromatic carbocycles. The Kier molecular flexibility index (Phi) is 5.98. The number of amides is 1. The molecule has 0 aliphatic carbocycles.